The summed E-state index contributed by atoms with van der Waals surface area (Å²) in [5.74, 6) is 3.34. The van der Waals surface area contributed by atoms with Crippen LogP contribution >= 0.6 is 0 Å². The van der Waals surface area contributed by atoms with Crippen molar-refractivity contribution in [3.63, 3.8) is 0 Å². The van der Waals surface area contributed by atoms with Crippen molar-refractivity contribution in [3.05, 3.63) is 12.2 Å². The van der Waals surface area contributed by atoms with Gasteiger partial charge >= 0.3 is 0 Å². The van der Waals surface area contributed by atoms with Crippen LogP contribution in [0, 0.1) is 17.3 Å². The highest BCUT2D eigenvalue weighted by molar-refractivity contribution is 5.39. The van der Waals surface area contributed by atoms with Crippen molar-refractivity contribution >= 4 is 0 Å². The summed E-state index contributed by atoms with van der Waals surface area (Å²) >= 11 is 0. The van der Waals surface area contributed by atoms with Gasteiger partial charge in [-0.05, 0) is 36.5 Å². The molecule has 2 N–H and O–H groups in total. The van der Waals surface area contributed by atoms with Gasteiger partial charge in [0.2, 0.25) is 11.7 Å². The SMILES string of the molecule is CC(C)(C)[C@@H](N[C@@H]1C[C@H]2CC[C@H]1C2)c1nc(-c2ncn[nH]2)no1. The maximum atomic E-state index is 5.56. The minimum absolute atomic E-state index is 0.00689. The van der Waals surface area contributed by atoms with Crippen LogP contribution in [0.4, 0.5) is 0 Å². The second kappa shape index (κ2) is 5.40. The van der Waals surface area contributed by atoms with Crippen LogP contribution in [0.1, 0.15) is 58.4 Å². The van der Waals surface area contributed by atoms with Crippen LogP contribution in [0.2, 0.25) is 0 Å². The minimum atomic E-state index is -0.00689. The van der Waals surface area contributed by atoms with E-state index in [1.807, 2.05) is 0 Å². The van der Waals surface area contributed by atoms with Crippen molar-refractivity contribution in [1.29, 1.82) is 0 Å². The first-order valence-electron chi connectivity index (χ1n) is 8.46. The van der Waals surface area contributed by atoms with E-state index in [1.54, 1.807) is 0 Å². The van der Waals surface area contributed by atoms with Gasteiger partial charge in [0, 0.05) is 6.04 Å². The van der Waals surface area contributed by atoms with Crippen LogP contribution in [0.25, 0.3) is 11.6 Å². The molecule has 2 saturated carbocycles. The van der Waals surface area contributed by atoms with Gasteiger partial charge in [0.1, 0.15) is 6.33 Å². The number of rotatable bonds is 4. The standard InChI is InChI=1S/C16H24N6O/c1-16(2,3)12(19-11-7-9-4-5-10(11)6-9)15-20-14(22-23-15)13-17-8-18-21-13/h8-12,19H,4-7H2,1-3H3,(H,17,18,21)/t9-,10-,11+,12-/m0/s1. The number of hydrogen-bond donors (Lipinski definition) is 2. The third-order valence-electron chi connectivity index (χ3n) is 5.30. The van der Waals surface area contributed by atoms with Crippen LogP contribution in [0.15, 0.2) is 10.9 Å². The highest BCUT2D eigenvalue weighted by Crippen LogP contribution is 2.46. The van der Waals surface area contributed by atoms with Gasteiger partial charge in [-0.1, -0.05) is 32.3 Å². The second-order valence-corrected chi connectivity index (χ2v) is 8.04. The van der Waals surface area contributed by atoms with E-state index in [-0.39, 0.29) is 11.5 Å². The van der Waals surface area contributed by atoms with Gasteiger partial charge in [-0.25, -0.2) is 4.98 Å². The maximum absolute atomic E-state index is 5.56. The second-order valence-electron chi connectivity index (χ2n) is 8.04. The number of H-pyrrole nitrogens is 1. The molecule has 2 heterocycles. The lowest BCUT2D eigenvalue weighted by molar-refractivity contribution is 0.177. The van der Waals surface area contributed by atoms with Crippen LogP contribution in [-0.2, 0) is 0 Å². The first kappa shape index (κ1) is 14.8. The molecule has 0 amide bonds. The molecule has 4 atom stereocenters. The highest BCUT2D eigenvalue weighted by atomic mass is 16.5. The maximum Gasteiger partial charge on any atom is 0.244 e. The van der Waals surface area contributed by atoms with Crippen molar-refractivity contribution < 1.29 is 4.52 Å². The van der Waals surface area contributed by atoms with Crippen LogP contribution in [-0.4, -0.2) is 31.4 Å². The largest absolute Gasteiger partial charge is 0.337 e. The van der Waals surface area contributed by atoms with Crippen LogP contribution < -0.4 is 5.32 Å². The lowest BCUT2D eigenvalue weighted by atomic mass is 9.84. The summed E-state index contributed by atoms with van der Waals surface area (Å²) in [6.45, 7) is 6.61. The van der Waals surface area contributed by atoms with E-state index in [1.165, 1.54) is 32.0 Å². The zero-order chi connectivity index (χ0) is 16.0. The van der Waals surface area contributed by atoms with Crippen LogP contribution in [0.3, 0.4) is 0 Å². The van der Waals surface area contributed by atoms with Gasteiger partial charge in [0.05, 0.1) is 6.04 Å². The number of nitrogens with zero attached hydrogens (tertiary/aromatic N) is 4. The number of aromatic nitrogens is 5. The molecule has 124 valence electrons. The van der Waals surface area contributed by atoms with Crippen molar-refractivity contribution in [2.24, 2.45) is 17.3 Å². The fraction of sp³-hybridized carbons (Fsp3) is 0.750. The van der Waals surface area contributed by atoms with Gasteiger partial charge < -0.3 is 9.84 Å². The average Bonchev–Trinajstić information content (AvgIpc) is 3.25. The predicted molar refractivity (Wildman–Crippen MR) is 84.2 cm³/mol. The molecule has 0 aliphatic heterocycles. The minimum Gasteiger partial charge on any atom is -0.337 e. The smallest absolute Gasteiger partial charge is 0.244 e. The summed E-state index contributed by atoms with van der Waals surface area (Å²) in [6, 6.07) is 0.606. The Morgan fingerprint density at radius 2 is 2.17 bits per heavy atom. The molecular formula is C16H24N6O. The Morgan fingerprint density at radius 1 is 1.30 bits per heavy atom. The first-order valence-corrected chi connectivity index (χ1v) is 8.46. The molecule has 2 aromatic heterocycles. The molecular weight excluding hydrogens is 292 g/mol. The van der Waals surface area contributed by atoms with Crippen molar-refractivity contribution in [3.8, 4) is 11.6 Å². The predicted octanol–water partition coefficient (Wildman–Crippen LogP) is 2.72. The summed E-state index contributed by atoms with van der Waals surface area (Å²) in [6.07, 6.45) is 6.85. The van der Waals surface area contributed by atoms with Gasteiger partial charge in [-0.2, -0.15) is 10.1 Å². The molecule has 7 nitrogen and oxygen atoms in total. The van der Waals surface area contributed by atoms with Crippen molar-refractivity contribution in [2.45, 2.75) is 58.5 Å². The van der Waals surface area contributed by atoms with E-state index >= 15 is 0 Å². The number of hydrogen-bond acceptors (Lipinski definition) is 6. The molecule has 2 aromatic rings. The Morgan fingerprint density at radius 3 is 2.78 bits per heavy atom. The molecule has 0 saturated heterocycles. The average molecular weight is 316 g/mol. The third kappa shape index (κ3) is 2.78. The zero-order valence-corrected chi connectivity index (χ0v) is 13.9. The van der Waals surface area contributed by atoms with Gasteiger partial charge in [-0.3, -0.25) is 5.10 Å². The quantitative estimate of drug-likeness (QED) is 0.901. The Balaban J connectivity index is 1.56. The van der Waals surface area contributed by atoms with Crippen molar-refractivity contribution in [2.75, 3.05) is 0 Å². The molecule has 0 unspecified atom stereocenters. The topological polar surface area (TPSA) is 92.5 Å². The van der Waals surface area contributed by atoms with E-state index < -0.39 is 0 Å². The normalized spacial score (nSPS) is 28.4. The van der Waals surface area contributed by atoms with E-state index in [0.717, 1.165) is 11.8 Å². The van der Waals surface area contributed by atoms with Gasteiger partial charge in [-0.15, -0.1) is 0 Å². The molecule has 0 radical (unpaired) electrons. The molecule has 2 aliphatic rings. The fourth-order valence-electron chi connectivity index (χ4n) is 4.12. The molecule has 4 rings (SSSR count). The number of nitrogens with one attached hydrogen (secondary N) is 2. The van der Waals surface area contributed by atoms with Gasteiger partial charge in [0.15, 0.2) is 5.82 Å². The summed E-state index contributed by atoms with van der Waals surface area (Å²) in [5.41, 5.74) is -0.00689. The molecule has 2 bridgehead atoms. The number of aromatic amines is 1. The summed E-state index contributed by atoms with van der Waals surface area (Å²) in [5, 5.41) is 14.5. The monoisotopic (exact) mass is 316 g/mol. The lowest BCUT2D eigenvalue weighted by Crippen LogP contribution is -2.42. The molecule has 2 aliphatic carbocycles. The Hall–Kier alpha value is -1.76. The summed E-state index contributed by atoms with van der Waals surface area (Å²) < 4.78 is 5.56. The Kier molecular flexibility index (Phi) is 3.48. The first-order chi connectivity index (χ1) is 11.0. The molecule has 0 aromatic carbocycles. The van der Waals surface area contributed by atoms with E-state index in [4.69, 9.17) is 4.52 Å². The fourth-order valence-corrected chi connectivity index (χ4v) is 4.12. The van der Waals surface area contributed by atoms with E-state index in [9.17, 15) is 0 Å². The highest BCUT2D eigenvalue weighted by Gasteiger charge is 2.43. The summed E-state index contributed by atoms with van der Waals surface area (Å²) in [7, 11) is 0. The molecule has 2 fully saturated rings. The van der Waals surface area contributed by atoms with Crippen molar-refractivity contribution in [1.82, 2.24) is 30.6 Å². The van der Waals surface area contributed by atoms with Crippen LogP contribution in [0.5, 0.6) is 0 Å². The number of fused-ring (bicyclic) bond motifs is 2. The van der Waals surface area contributed by atoms with E-state index in [0.29, 0.717) is 23.6 Å². The molecule has 7 heteroatoms. The Bertz CT molecular complexity index is 658. The van der Waals surface area contributed by atoms with Gasteiger partial charge in [0.25, 0.3) is 0 Å². The molecule has 0 spiro atoms. The molecule has 23 heavy (non-hydrogen) atoms. The Labute approximate surface area is 135 Å². The zero-order valence-electron chi connectivity index (χ0n) is 13.9. The van der Waals surface area contributed by atoms with E-state index in [2.05, 4.69) is 51.4 Å². The summed E-state index contributed by atoms with van der Waals surface area (Å²) in [4.78, 5) is 8.63. The lowest BCUT2D eigenvalue weighted by Gasteiger charge is -2.34. The third-order valence-corrected chi connectivity index (χ3v) is 5.30.